The number of hydrogen-bond donors (Lipinski definition) is 1. The standard InChI is InChI=1S/C22H34N2O2/c1-16-7-5-11-23(14-16)15-20(25)18-9-10-19-17(13-18)8-6-12-24(19)21(26)22(2,3)4/h9-10,13,16,20,25H,5-8,11-12,14-15H2,1-4H3. The number of likely N-dealkylation sites (tertiary alicyclic amines) is 1. The number of amides is 1. The second kappa shape index (κ2) is 7.69. The summed E-state index contributed by atoms with van der Waals surface area (Å²) < 4.78 is 0. The molecular formula is C22H34N2O2. The number of aliphatic hydroxyl groups is 1. The van der Waals surface area contributed by atoms with Crippen LogP contribution in [0.3, 0.4) is 0 Å². The summed E-state index contributed by atoms with van der Waals surface area (Å²) in [5.41, 5.74) is 2.82. The molecule has 26 heavy (non-hydrogen) atoms. The van der Waals surface area contributed by atoms with Crippen molar-refractivity contribution in [1.82, 2.24) is 4.90 Å². The van der Waals surface area contributed by atoms with E-state index in [1.807, 2.05) is 37.8 Å². The summed E-state index contributed by atoms with van der Waals surface area (Å²) >= 11 is 0. The molecule has 1 aromatic rings. The van der Waals surface area contributed by atoms with Crippen LogP contribution in [-0.2, 0) is 11.2 Å². The van der Waals surface area contributed by atoms with E-state index in [0.717, 1.165) is 49.6 Å². The minimum atomic E-state index is -0.459. The molecule has 0 spiro atoms. The third-order valence-corrected chi connectivity index (χ3v) is 5.67. The van der Waals surface area contributed by atoms with Gasteiger partial charge in [-0.25, -0.2) is 0 Å². The topological polar surface area (TPSA) is 43.8 Å². The third-order valence-electron chi connectivity index (χ3n) is 5.67. The van der Waals surface area contributed by atoms with Gasteiger partial charge >= 0.3 is 0 Å². The first-order valence-electron chi connectivity index (χ1n) is 10.1. The van der Waals surface area contributed by atoms with Gasteiger partial charge in [0.2, 0.25) is 5.91 Å². The van der Waals surface area contributed by atoms with Gasteiger partial charge in [-0.05, 0) is 55.3 Å². The monoisotopic (exact) mass is 358 g/mol. The molecule has 4 heteroatoms. The highest BCUT2D eigenvalue weighted by Gasteiger charge is 2.31. The van der Waals surface area contributed by atoms with Crippen molar-refractivity contribution in [3.05, 3.63) is 29.3 Å². The number of anilines is 1. The Bertz CT molecular complexity index is 650. The van der Waals surface area contributed by atoms with E-state index in [4.69, 9.17) is 0 Å². The summed E-state index contributed by atoms with van der Waals surface area (Å²) in [6, 6.07) is 6.16. The van der Waals surface area contributed by atoms with Crippen LogP contribution in [0.25, 0.3) is 0 Å². The van der Waals surface area contributed by atoms with Crippen molar-refractivity contribution in [3.63, 3.8) is 0 Å². The van der Waals surface area contributed by atoms with E-state index in [-0.39, 0.29) is 11.3 Å². The Hall–Kier alpha value is -1.39. The molecule has 1 N–H and O–H groups in total. The van der Waals surface area contributed by atoms with Gasteiger partial charge in [0.1, 0.15) is 0 Å². The Morgan fingerprint density at radius 3 is 2.73 bits per heavy atom. The van der Waals surface area contributed by atoms with Crippen LogP contribution in [0.4, 0.5) is 5.69 Å². The lowest BCUT2D eigenvalue weighted by atomic mass is 9.91. The van der Waals surface area contributed by atoms with Gasteiger partial charge in [-0.1, -0.05) is 39.8 Å². The lowest BCUT2D eigenvalue weighted by Crippen LogP contribution is -2.42. The molecule has 2 heterocycles. The van der Waals surface area contributed by atoms with E-state index in [2.05, 4.69) is 17.9 Å². The molecule has 2 atom stereocenters. The summed E-state index contributed by atoms with van der Waals surface area (Å²) in [6.45, 7) is 11.9. The summed E-state index contributed by atoms with van der Waals surface area (Å²) in [4.78, 5) is 17.1. The van der Waals surface area contributed by atoms with Crippen LogP contribution < -0.4 is 4.90 Å². The van der Waals surface area contributed by atoms with E-state index < -0.39 is 6.10 Å². The van der Waals surface area contributed by atoms with Crippen molar-refractivity contribution in [2.75, 3.05) is 31.1 Å². The fourth-order valence-corrected chi connectivity index (χ4v) is 4.24. The Morgan fingerprint density at radius 1 is 1.27 bits per heavy atom. The van der Waals surface area contributed by atoms with Gasteiger partial charge in [-0.3, -0.25) is 4.79 Å². The second-order valence-corrected chi connectivity index (χ2v) is 9.22. The molecule has 2 unspecified atom stereocenters. The molecule has 1 fully saturated rings. The maximum Gasteiger partial charge on any atom is 0.232 e. The van der Waals surface area contributed by atoms with Crippen LogP contribution in [-0.4, -0.2) is 42.1 Å². The van der Waals surface area contributed by atoms with E-state index in [1.54, 1.807) is 0 Å². The van der Waals surface area contributed by atoms with Crippen molar-refractivity contribution in [2.24, 2.45) is 11.3 Å². The first kappa shape index (κ1) is 19.4. The van der Waals surface area contributed by atoms with E-state index >= 15 is 0 Å². The lowest BCUT2D eigenvalue weighted by Gasteiger charge is -2.35. The average molecular weight is 359 g/mol. The first-order valence-corrected chi connectivity index (χ1v) is 10.1. The van der Waals surface area contributed by atoms with Crippen molar-refractivity contribution < 1.29 is 9.90 Å². The largest absolute Gasteiger partial charge is 0.387 e. The van der Waals surface area contributed by atoms with Gasteiger partial charge in [0.15, 0.2) is 0 Å². The number of fused-ring (bicyclic) bond motifs is 1. The Balaban J connectivity index is 1.74. The van der Waals surface area contributed by atoms with Crippen molar-refractivity contribution in [1.29, 1.82) is 0 Å². The number of nitrogens with zero attached hydrogens (tertiary/aromatic N) is 2. The van der Waals surface area contributed by atoms with Gasteiger partial charge in [0, 0.05) is 30.7 Å². The van der Waals surface area contributed by atoms with E-state index in [1.165, 1.54) is 18.4 Å². The molecule has 0 aromatic heterocycles. The molecule has 3 rings (SSSR count). The molecule has 144 valence electrons. The molecule has 0 radical (unpaired) electrons. The number of aliphatic hydroxyl groups excluding tert-OH is 1. The highest BCUT2D eigenvalue weighted by molar-refractivity contribution is 5.98. The third kappa shape index (κ3) is 4.29. The number of aryl methyl sites for hydroxylation is 1. The lowest BCUT2D eigenvalue weighted by molar-refractivity contribution is -0.125. The molecular weight excluding hydrogens is 324 g/mol. The van der Waals surface area contributed by atoms with E-state index in [9.17, 15) is 9.90 Å². The highest BCUT2D eigenvalue weighted by Crippen LogP contribution is 2.33. The van der Waals surface area contributed by atoms with Gasteiger partial charge < -0.3 is 14.9 Å². The SMILES string of the molecule is CC1CCCN(CC(O)c2ccc3c(c2)CCCN3C(=O)C(C)(C)C)C1. The molecule has 1 amide bonds. The number of benzene rings is 1. The quantitative estimate of drug-likeness (QED) is 0.894. The number of hydrogen-bond acceptors (Lipinski definition) is 3. The maximum absolute atomic E-state index is 12.8. The second-order valence-electron chi connectivity index (χ2n) is 9.22. The van der Waals surface area contributed by atoms with Crippen molar-refractivity contribution in [3.8, 4) is 0 Å². The number of carbonyl (C=O) groups excluding carboxylic acids is 1. The summed E-state index contributed by atoms with van der Waals surface area (Å²) in [6.07, 6.45) is 4.02. The average Bonchev–Trinajstić information content (AvgIpc) is 2.59. The zero-order chi connectivity index (χ0) is 18.9. The number of β-amino-alcohol motifs (C(OH)–C–C–N with tert-alkyl or cyclic N) is 1. The first-order chi connectivity index (χ1) is 12.3. The number of piperidine rings is 1. The fourth-order valence-electron chi connectivity index (χ4n) is 4.24. The zero-order valence-corrected chi connectivity index (χ0v) is 16.8. The Morgan fingerprint density at radius 2 is 2.04 bits per heavy atom. The predicted molar refractivity (Wildman–Crippen MR) is 106 cm³/mol. The predicted octanol–water partition coefficient (Wildman–Crippen LogP) is 3.78. The zero-order valence-electron chi connectivity index (χ0n) is 16.8. The van der Waals surface area contributed by atoms with Gasteiger partial charge in [0.25, 0.3) is 0 Å². The Kier molecular flexibility index (Phi) is 5.73. The number of carbonyl (C=O) groups is 1. The molecule has 0 saturated carbocycles. The highest BCUT2D eigenvalue weighted by atomic mass is 16.3. The van der Waals surface area contributed by atoms with Gasteiger partial charge in [-0.2, -0.15) is 0 Å². The van der Waals surface area contributed by atoms with Crippen LogP contribution in [0.5, 0.6) is 0 Å². The molecule has 1 aromatic carbocycles. The minimum Gasteiger partial charge on any atom is -0.387 e. The normalized spacial score (nSPS) is 22.8. The summed E-state index contributed by atoms with van der Waals surface area (Å²) in [5.74, 6) is 0.894. The van der Waals surface area contributed by atoms with Crippen LogP contribution in [0, 0.1) is 11.3 Å². The van der Waals surface area contributed by atoms with Crippen LogP contribution in [0.2, 0.25) is 0 Å². The van der Waals surface area contributed by atoms with Gasteiger partial charge in [0.05, 0.1) is 6.10 Å². The van der Waals surface area contributed by atoms with Crippen molar-refractivity contribution in [2.45, 2.75) is 59.5 Å². The smallest absolute Gasteiger partial charge is 0.232 e. The van der Waals surface area contributed by atoms with Crippen molar-refractivity contribution >= 4 is 11.6 Å². The summed E-state index contributed by atoms with van der Waals surface area (Å²) in [5, 5.41) is 10.7. The molecule has 2 aliphatic rings. The molecule has 0 bridgehead atoms. The van der Waals surface area contributed by atoms with Crippen LogP contribution >= 0.6 is 0 Å². The molecule has 0 aliphatic carbocycles. The molecule has 4 nitrogen and oxygen atoms in total. The van der Waals surface area contributed by atoms with Gasteiger partial charge in [-0.15, -0.1) is 0 Å². The maximum atomic E-state index is 12.8. The number of rotatable bonds is 3. The van der Waals surface area contributed by atoms with Crippen LogP contribution in [0.1, 0.15) is 64.2 Å². The minimum absolute atomic E-state index is 0.175. The fraction of sp³-hybridized carbons (Fsp3) is 0.682. The van der Waals surface area contributed by atoms with Crippen LogP contribution in [0.15, 0.2) is 18.2 Å². The Labute approximate surface area is 158 Å². The van der Waals surface area contributed by atoms with E-state index in [0.29, 0.717) is 6.54 Å². The molecule has 2 aliphatic heterocycles. The summed E-state index contributed by atoms with van der Waals surface area (Å²) in [7, 11) is 0. The molecule has 1 saturated heterocycles.